The fourth-order valence-electron chi connectivity index (χ4n) is 2.74. The average molecular weight is 434 g/mol. The number of Topliss-reactive ketones (excluding diaryl/α,β-unsaturated/α-hetero) is 1. The molecule has 28 heavy (non-hydrogen) atoms. The van der Waals surface area contributed by atoms with Crippen molar-refractivity contribution in [1.82, 2.24) is 4.37 Å². The van der Waals surface area contributed by atoms with Crippen molar-refractivity contribution in [3.8, 4) is 17.0 Å². The van der Waals surface area contributed by atoms with Crippen LogP contribution in [0, 0.1) is 13.8 Å². The Balaban J connectivity index is 1.78. The number of phenolic OH excluding ortho intramolecular Hbond substituents is 1. The number of halogens is 2. The summed E-state index contributed by atoms with van der Waals surface area (Å²) >= 11 is 13.2. The zero-order valence-corrected chi connectivity index (χ0v) is 17.5. The van der Waals surface area contributed by atoms with Crippen LogP contribution in [0.25, 0.3) is 11.3 Å². The molecule has 0 saturated heterocycles. The summed E-state index contributed by atoms with van der Waals surface area (Å²) < 4.78 is 4.29. The summed E-state index contributed by atoms with van der Waals surface area (Å²) in [5, 5.41) is 10.7. The molecule has 0 bridgehead atoms. The molecule has 2 aromatic carbocycles. The van der Waals surface area contributed by atoms with Gasteiger partial charge in [0, 0.05) is 16.8 Å². The van der Waals surface area contributed by atoms with Crippen molar-refractivity contribution >= 4 is 52.4 Å². The topological polar surface area (TPSA) is 88.6 Å². The molecule has 0 aliphatic heterocycles. The number of carbonyl (C=O) groups excluding carboxylic acids is 1. The van der Waals surface area contributed by atoms with Crippen LogP contribution in [-0.4, -0.2) is 28.0 Å². The number of phenols is 1. The molecule has 5 nitrogen and oxygen atoms in total. The number of benzene rings is 2. The maximum atomic E-state index is 12.5. The molecule has 1 aromatic heterocycles. The summed E-state index contributed by atoms with van der Waals surface area (Å²) in [4.78, 5) is 17.1. The van der Waals surface area contributed by atoms with Gasteiger partial charge in [-0.25, -0.2) is 0 Å². The highest BCUT2D eigenvalue weighted by Gasteiger charge is 2.19. The predicted molar refractivity (Wildman–Crippen MR) is 116 cm³/mol. The van der Waals surface area contributed by atoms with Gasteiger partial charge in [0.1, 0.15) is 22.9 Å². The van der Waals surface area contributed by atoms with Gasteiger partial charge in [0.2, 0.25) is 0 Å². The summed E-state index contributed by atoms with van der Waals surface area (Å²) in [5.74, 6) is 0.0360. The third kappa shape index (κ3) is 4.19. The standard InChI is InChI=1S/C20H17Cl2N3O2S/c1-10-5-12(6-11(2)19(10)27)8-24-9-16(26)20-17(23)18(25-28-20)14-4-3-13(21)7-15(14)22/h3-8,27H,9,23H2,1-2H3. The van der Waals surface area contributed by atoms with E-state index >= 15 is 0 Å². The third-order valence-corrected chi connectivity index (χ3v) is 5.61. The van der Waals surface area contributed by atoms with Crippen molar-refractivity contribution in [2.75, 3.05) is 12.3 Å². The highest BCUT2D eigenvalue weighted by Crippen LogP contribution is 2.36. The molecule has 8 heteroatoms. The molecule has 0 aliphatic carbocycles. The number of nitrogens with two attached hydrogens (primary N) is 1. The zero-order chi connectivity index (χ0) is 20.4. The Labute approximate surface area is 176 Å². The largest absolute Gasteiger partial charge is 0.507 e. The monoisotopic (exact) mass is 433 g/mol. The number of nitrogens with zero attached hydrogens (tertiary/aromatic N) is 2. The minimum atomic E-state index is -0.227. The fraction of sp³-hybridized carbons (Fsp3) is 0.150. The summed E-state index contributed by atoms with van der Waals surface area (Å²) in [6.45, 7) is 3.57. The molecule has 0 unspecified atom stereocenters. The number of anilines is 1. The first-order valence-electron chi connectivity index (χ1n) is 8.31. The number of aryl methyl sites for hydroxylation is 2. The van der Waals surface area contributed by atoms with Crippen LogP contribution in [-0.2, 0) is 0 Å². The Morgan fingerprint density at radius 3 is 2.57 bits per heavy atom. The van der Waals surface area contributed by atoms with Gasteiger partial charge in [0.05, 0.1) is 10.7 Å². The molecule has 0 spiro atoms. The summed E-state index contributed by atoms with van der Waals surface area (Å²) in [5.41, 5.74) is 9.82. The first kappa shape index (κ1) is 20.3. The number of rotatable bonds is 5. The van der Waals surface area contributed by atoms with Gasteiger partial charge in [-0.1, -0.05) is 23.2 Å². The Kier molecular flexibility index (Phi) is 6.03. The Morgan fingerprint density at radius 1 is 1.25 bits per heavy atom. The van der Waals surface area contributed by atoms with Crippen molar-refractivity contribution in [3.63, 3.8) is 0 Å². The second kappa shape index (κ2) is 8.31. The number of carbonyl (C=O) groups is 1. The zero-order valence-electron chi connectivity index (χ0n) is 15.2. The third-order valence-electron chi connectivity index (χ3n) is 4.16. The van der Waals surface area contributed by atoms with E-state index in [4.69, 9.17) is 28.9 Å². The molecule has 144 valence electrons. The van der Waals surface area contributed by atoms with E-state index in [2.05, 4.69) is 9.37 Å². The molecule has 0 amide bonds. The molecule has 3 N–H and O–H groups in total. The van der Waals surface area contributed by atoms with E-state index in [0.717, 1.165) is 28.2 Å². The normalized spacial score (nSPS) is 11.3. The van der Waals surface area contributed by atoms with Crippen LogP contribution < -0.4 is 5.73 Å². The molecule has 0 atom stereocenters. The molecular formula is C20H17Cl2N3O2S. The summed E-state index contributed by atoms with van der Waals surface area (Å²) in [7, 11) is 0. The van der Waals surface area contributed by atoms with E-state index in [-0.39, 0.29) is 23.8 Å². The van der Waals surface area contributed by atoms with Crippen molar-refractivity contribution in [2.45, 2.75) is 13.8 Å². The summed E-state index contributed by atoms with van der Waals surface area (Å²) in [6, 6.07) is 8.62. The number of ketones is 1. The van der Waals surface area contributed by atoms with Crippen LogP contribution in [0.5, 0.6) is 5.75 Å². The van der Waals surface area contributed by atoms with Gasteiger partial charge in [0.25, 0.3) is 0 Å². The lowest BCUT2D eigenvalue weighted by atomic mass is 10.1. The maximum Gasteiger partial charge on any atom is 0.197 e. The van der Waals surface area contributed by atoms with Gasteiger partial charge in [-0.15, -0.1) is 0 Å². The fourth-order valence-corrected chi connectivity index (χ4v) is 3.98. The van der Waals surface area contributed by atoms with E-state index in [0.29, 0.717) is 26.2 Å². The van der Waals surface area contributed by atoms with E-state index in [9.17, 15) is 9.90 Å². The molecule has 0 aliphatic rings. The highest BCUT2D eigenvalue weighted by atomic mass is 35.5. The predicted octanol–water partition coefficient (Wildman–Crippen LogP) is 5.32. The smallest absolute Gasteiger partial charge is 0.197 e. The van der Waals surface area contributed by atoms with Crippen molar-refractivity contribution in [2.24, 2.45) is 4.99 Å². The summed E-state index contributed by atoms with van der Waals surface area (Å²) in [6.07, 6.45) is 1.60. The Bertz CT molecular complexity index is 1070. The van der Waals surface area contributed by atoms with Gasteiger partial charge < -0.3 is 10.8 Å². The van der Waals surface area contributed by atoms with Gasteiger partial charge in [-0.3, -0.25) is 9.79 Å². The van der Waals surface area contributed by atoms with Crippen LogP contribution >= 0.6 is 34.7 Å². The first-order valence-corrected chi connectivity index (χ1v) is 9.84. The molecule has 3 aromatic rings. The number of aromatic hydroxyl groups is 1. The Morgan fingerprint density at radius 2 is 1.93 bits per heavy atom. The van der Waals surface area contributed by atoms with Crippen LogP contribution in [0.2, 0.25) is 10.0 Å². The molecule has 1 heterocycles. The first-order chi connectivity index (χ1) is 13.3. The van der Waals surface area contributed by atoms with Crippen LogP contribution in [0.4, 0.5) is 5.69 Å². The lowest BCUT2D eigenvalue weighted by Crippen LogP contribution is -2.05. The van der Waals surface area contributed by atoms with Crippen LogP contribution in [0.3, 0.4) is 0 Å². The molecule has 0 radical (unpaired) electrons. The number of aromatic nitrogens is 1. The number of hydrogen-bond donors (Lipinski definition) is 2. The van der Waals surface area contributed by atoms with Crippen molar-refractivity contribution < 1.29 is 9.90 Å². The van der Waals surface area contributed by atoms with Crippen molar-refractivity contribution in [3.05, 3.63) is 61.9 Å². The Hall–Kier alpha value is -2.41. The average Bonchev–Trinajstić information content (AvgIpc) is 3.01. The van der Waals surface area contributed by atoms with Crippen molar-refractivity contribution in [1.29, 1.82) is 0 Å². The molecule has 0 fully saturated rings. The van der Waals surface area contributed by atoms with Gasteiger partial charge in [-0.2, -0.15) is 4.37 Å². The highest BCUT2D eigenvalue weighted by molar-refractivity contribution is 7.09. The number of hydrogen-bond acceptors (Lipinski definition) is 6. The van der Waals surface area contributed by atoms with Gasteiger partial charge in [-0.05, 0) is 72.4 Å². The van der Waals surface area contributed by atoms with E-state index in [1.165, 1.54) is 0 Å². The molecular weight excluding hydrogens is 417 g/mol. The quantitative estimate of drug-likeness (QED) is 0.420. The van der Waals surface area contributed by atoms with Gasteiger partial charge >= 0.3 is 0 Å². The van der Waals surface area contributed by atoms with Gasteiger partial charge in [0.15, 0.2) is 5.78 Å². The molecule has 0 saturated carbocycles. The maximum absolute atomic E-state index is 12.5. The number of aliphatic imine (C=N–C) groups is 1. The lowest BCUT2D eigenvalue weighted by Gasteiger charge is -2.04. The lowest BCUT2D eigenvalue weighted by molar-refractivity contribution is 0.101. The van der Waals surface area contributed by atoms with E-state index in [1.54, 1.807) is 36.5 Å². The minimum Gasteiger partial charge on any atom is -0.507 e. The second-order valence-corrected chi connectivity index (χ2v) is 7.91. The van der Waals surface area contributed by atoms with Crippen LogP contribution in [0.1, 0.15) is 26.4 Å². The minimum absolute atomic E-state index is 0.0564. The van der Waals surface area contributed by atoms with E-state index < -0.39 is 0 Å². The SMILES string of the molecule is Cc1cc(C=NCC(=O)c2snc(-c3ccc(Cl)cc3Cl)c2N)cc(C)c1O. The van der Waals surface area contributed by atoms with E-state index in [1.807, 2.05) is 13.8 Å². The molecule has 3 rings (SSSR count). The number of nitrogen functional groups attached to an aromatic ring is 1. The second-order valence-electron chi connectivity index (χ2n) is 6.29. The van der Waals surface area contributed by atoms with Crippen LogP contribution in [0.15, 0.2) is 35.3 Å².